The van der Waals surface area contributed by atoms with Gasteiger partial charge in [0.15, 0.2) is 0 Å². The third-order valence-electron chi connectivity index (χ3n) is 4.85. The number of hydrogen-bond acceptors (Lipinski definition) is 6. The minimum absolute atomic E-state index is 0.312. The Morgan fingerprint density at radius 3 is 2.78 bits per heavy atom. The molecule has 2 aliphatic heterocycles. The van der Waals surface area contributed by atoms with Crippen LogP contribution in [0.4, 0.5) is 4.79 Å². The standard InChI is InChI=1S/C18H23N3O5S/c1-11(13-8-12(25-2)4-5-14(13)26-3)19-15(22)9-21-16(23)18(20-17(21)24)6-7-27-10-18/h4-5,8,11H,6-7,9-10H2,1-3H3,(H,19,22)(H,20,24). The van der Waals surface area contributed by atoms with Crippen LogP contribution in [0.1, 0.15) is 24.9 Å². The van der Waals surface area contributed by atoms with Crippen LogP contribution in [-0.2, 0) is 9.59 Å². The van der Waals surface area contributed by atoms with Crippen LogP contribution >= 0.6 is 11.8 Å². The molecule has 0 radical (unpaired) electrons. The number of hydrogen-bond donors (Lipinski definition) is 2. The minimum Gasteiger partial charge on any atom is -0.497 e. The quantitative estimate of drug-likeness (QED) is 0.708. The smallest absolute Gasteiger partial charge is 0.325 e. The molecule has 2 aliphatic rings. The fraction of sp³-hybridized carbons (Fsp3) is 0.500. The first kappa shape index (κ1) is 19.3. The lowest BCUT2D eigenvalue weighted by Crippen LogP contribution is -2.47. The molecule has 2 N–H and O–H groups in total. The topological polar surface area (TPSA) is 97.0 Å². The monoisotopic (exact) mass is 393 g/mol. The number of nitrogens with zero attached hydrogens (tertiary/aromatic N) is 1. The Morgan fingerprint density at radius 1 is 1.37 bits per heavy atom. The first-order chi connectivity index (χ1) is 12.9. The van der Waals surface area contributed by atoms with Gasteiger partial charge in [0, 0.05) is 11.3 Å². The maximum Gasteiger partial charge on any atom is 0.325 e. The summed E-state index contributed by atoms with van der Waals surface area (Å²) in [4.78, 5) is 38.3. The third-order valence-corrected chi connectivity index (χ3v) is 6.04. The van der Waals surface area contributed by atoms with Crippen molar-refractivity contribution in [3.8, 4) is 11.5 Å². The van der Waals surface area contributed by atoms with Crippen molar-refractivity contribution in [3.05, 3.63) is 23.8 Å². The summed E-state index contributed by atoms with van der Waals surface area (Å²) in [5.74, 6) is 1.88. The molecule has 0 saturated carbocycles. The second kappa shape index (κ2) is 7.67. The van der Waals surface area contributed by atoms with E-state index in [0.717, 1.165) is 16.2 Å². The van der Waals surface area contributed by atoms with Gasteiger partial charge in [-0.05, 0) is 37.3 Å². The Hall–Kier alpha value is -2.42. The molecule has 2 fully saturated rings. The van der Waals surface area contributed by atoms with Crippen LogP contribution in [0.25, 0.3) is 0 Å². The van der Waals surface area contributed by atoms with E-state index in [1.54, 1.807) is 51.1 Å². The van der Waals surface area contributed by atoms with Gasteiger partial charge in [-0.25, -0.2) is 4.79 Å². The van der Waals surface area contributed by atoms with E-state index in [1.165, 1.54) is 0 Å². The van der Waals surface area contributed by atoms with Gasteiger partial charge in [-0.15, -0.1) is 0 Å². The number of ether oxygens (including phenoxy) is 2. The van der Waals surface area contributed by atoms with Crippen LogP contribution in [-0.4, -0.2) is 60.6 Å². The number of imide groups is 1. The number of amides is 4. The van der Waals surface area contributed by atoms with Gasteiger partial charge in [0.2, 0.25) is 5.91 Å². The average Bonchev–Trinajstić information content (AvgIpc) is 3.22. The van der Waals surface area contributed by atoms with Crippen LogP contribution < -0.4 is 20.1 Å². The van der Waals surface area contributed by atoms with Crippen LogP contribution in [0.2, 0.25) is 0 Å². The Morgan fingerprint density at radius 2 is 2.15 bits per heavy atom. The van der Waals surface area contributed by atoms with Crippen LogP contribution in [0, 0.1) is 0 Å². The molecule has 1 aromatic carbocycles. The molecule has 2 saturated heterocycles. The number of carbonyl (C=O) groups is 3. The van der Waals surface area contributed by atoms with E-state index in [4.69, 9.17) is 9.47 Å². The summed E-state index contributed by atoms with van der Waals surface area (Å²) in [6.07, 6.45) is 0.595. The molecular formula is C18H23N3O5S. The van der Waals surface area contributed by atoms with Gasteiger partial charge in [-0.1, -0.05) is 0 Å². The lowest BCUT2D eigenvalue weighted by atomic mass is 9.99. The fourth-order valence-corrected chi connectivity index (χ4v) is 4.66. The minimum atomic E-state index is -0.844. The molecule has 1 aromatic rings. The Balaban J connectivity index is 1.67. The van der Waals surface area contributed by atoms with Crippen molar-refractivity contribution in [2.45, 2.75) is 24.9 Å². The second-order valence-corrected chi connectivity index (χ2v) is 7.71. The lowest BCUT2D eigenvalue weighted by molar-refractivity contribution is -0.134. The van der Waals surface area contributed by atoms with Crippen molar-refractivity contribution in [3.63, 3.8) is 0 Å². The van der Waals surface area contributed by atoms with Crippen LogP contribution in [0.5, 0.6) is 11.5 Å². The number of methoxy groups -OCH3 is 2. The average molecular weight is 393 g/mol. The van der Waals surface area contributed by atoms with E-state index in [-0.39, 0.29) is 18.5 Å². The van der Waals surface area contributed by atoms with Gasteiger partial charge < -0.3 is 20.1 Å². The predicted molar refractivity (Wildman–Crippen MR) is 101 cm³/mol. The van der Waals surface area contributed by atoms with Crippen molar-refractivity contribution in [1.29, 1.82) is 0 Å². The first-order valence-corrected chi connectivity index (χ1v) is 9.79. The molecule has 8 nitrogen and oxygen atoms in total. The zero-order chi connectivity index (χ0) is 19.6. The van der Waals surface area contributed by atoms with E-state index < -0.39 is 17.5 Å². The molecule has 4 amide bonds. The summed E-state index contributed by atoms with van der Waals surface area (Å²) in [5, 5.41) is 5.57. The normalized spacial score (nSPS) is 22.7. The van der Waals surface area contributed by atoms with Gasteiger partial charge >= 0.3 is 6.03 Å². The van der Waals surface area contributed by atoms with E-state index in [2.05, 4.69) is 10.6 Å². The summed E-state index contributed by atoms with van der Waals surface area (Å²) in [7, 11) is 3.11. The number of thioether (sulfide) groups is 1. The molecule has 146 valence electrons. The molecule has 0 bridgehead atoms. The first-order valence-electron chi connectivity index (χ1n) is 8.63. The highest BCUT2D eigenvalue weighted by Crippen LogP contribution is 2.33. The molecule has 9 heteroatoms. The molecule has 2 atom stereocenters. The van der Waals surface area contributed by atoms with Crippen molar-refractivity contribution in [2.75, 3.05) is 32.3 Å². The maximum atomic E-state index is 12.6. The molecule has 0 aliphatic carbocycles. The number of rotatable bonds is 6. The predicted octanol–water partition coefficient (Wildman–Crippen LogP) is 1.31. The van der Waals surface area contributed by atoms with E-state index >= 15 is 0 Å². The summed E-state index contributed by atoms with van der Waals surface area (Å²) in [6.45, 7) is 1.49. The van der Waals surface area contributed by atoms with Crippen molar-refractivity contribution < 1.29 is 23.9 Å². The lowest BCUT2D eigenvalue weighted by Gasteiger charge is -2.21. The summed E-state index contributed by atoms with van der Waals surface area (Å²) >= 11 is 1.62. The summed E-state index contributed by atoms with van der Waals surface area (Å²) in [5.41, 5.74) is -0.102. The molecule has 2 heterocycles. The SMILES string of the molecule is COc1ccc(OC)c(C(C)NC(=O)CN2C(=O)NC3(CCSC3)C2=O)c1. The third kappa shape index (κ3) is 3.69. The second-order valence-electron chi connectivity index (χ2n) is 6.60. The molecule has 1 spiro atoms. The Labute approximate surface area is 161 Å². The summed E-state index contributed by atoms with van der Waals surface area (Å²) < 4.78 is 10.6. The zero-order valence-electron chi connectivity index (χ0n) is 15.5. The molecule has 0 aromatic heterocycles. The summed E-state index contributed by atoms with van der Waals surface area (Å²) in [6, 6.07) is 4.41. The van der Waals surface area contributed by atoms with Gasteiger partial charge in [0.25, 0.3) is 5.91 Å². The number of benzene rings is 1. The van der Waals surface area contributed by atoms with Gasteiger partial charge in [-0.3, -0.25) is 14.5 Å². The molecule has 2 unspecified atom stereocenters. The van der Waals surface area contributed by atoms with Gasteiger partial charge in [0.1, 0.15) is 23.6 Å². The largest absolute Gasteiger partial charge is 0.497 e. The molecular weight excluding hydrogens is 370 g/mol. The maximum absolute atomic E-state index is 12.6. The zero-order valence-corrected chi connectivity index (χ0v) is 16.4. The number of carbonyl (C=O) groups excluding carboxylic acids is 3. The van der Waals surface area contributed by atoms with E-state index in [1.807, 2.05) is 0 Å². The Kier molecular flexibility index (Phi) is 5.50. The van der Waals surface area contributed by atoms with Gasteiger partial charge in [0.05, 0.1) is 20.3 Å². The van der Waals surface area contributed by atoms with E-state index in [0.29, 0.717) is 23.7 Å². The number of nitrogens with one attached hydrogen (secondary N) is 2. The van der Waals surface area contributed by atoms with Crippen molar-refractivity contribution in [1.82, 2.24) is 15.5 Å². The fourth-order valence-electron chi connectivity index (χ4n) is 3.34. The highest BCUT2D eigenvalue weighted by molar-refractivity contribution is 7.99. The Bertz CT molecular complexity index is 763. The van der Waals surface area contributed by atoms with Crippen LogP contribution in [0.3, 0.4) is 0 Å². The number of urea groups is 1. The van der Waals surface area contributed by atoms with Crippen LogP contribution in [0.15, 0.2) is 18.2 Å². The van der Waals surface area contributed by atoms with Crippen molar-refractivity contribution in [2.24, 2.45) is 0 Å². The van der Waals surface area contributed by atoms with Gasteiger partial charge in [-0.2, -0.15) is 11.8 Å². The van der Waals surface area contributed by atoms with Crippen molar-refractivity contribution >= 4 is 29.6 Å². The molecule has 3 rings (SSSR count). The highest BCUT2D eigenvalue weighted by atomic mass is 32.2. The highest BCUT2D eigenvalue weighted by Gasteiger charge is 2.53. The molecule has 27 heavy (non-hydrogen) atoms. The van der Waals surface area contributed by atoms with E-state index in [9.17, 15) is 14.4 Å².